The zero-order valence-corrected chi connectivity index (χ0v) is 14.2. The summed E-state index contributed by atoms with van der Waals surface area (Å²) in [6.45, 7) is 0. The number of rotatable bonds is 5. The monoisotopic (exact) mass is 361 g/mol. The molecule has 4 aromatic rings. The van der Waals surface area contributed by atoms with Crippen molar-refractivity contribution < 1.29 is 9.18 Å². The van der Waals surface area contributed by atoms with E-state index in [4.69, 9.17) is 0 Å². The maximum Gasteiger partial charge on any atom is 0.230 e. The quantitative estimate of drug-likeness (QED) is 0.501. The van der Waals surface area contributed by atoms with Gasteiger partial charge in [-0.2, -0.15) is 0 Å². The van der Waals surface area contributed by atoms with Crippen LogP contribution in [0.1, 0.15) is 5.56 Å². The van der Waals surface area contributed by atoms with Crippen LogP contribution in [0, 0.1) is 5.82 Å². The first-order chi connectivity index (χ1) is 13.2. The van der Waals surface area contributed by atoms with Crippen LogP contribution in [0.25, 0.3) is 10.9 Å². The predicted octanol–water partition coefficient (Wildman–Crippen LogP) is 4.02. The summed E-state index contributed by atoms with van der Waals surface area (Å²) in [6, 6.07) is 17.1. The minimum atomic E-state index is -0.306. The molecule has 0 saturated carbocycles. The SMILES string of the molecule is O=C(Cc1c[nH]c2ccccc12)Nc1ccc(Nc2ccc(F)cc2)nn1. The van der Waals surface area contributed by atoms with Crippen LogP contribution >= 0.6 is 0 Å². The van der Waals surface area contributed by atoms with Gasteiger partial charge in [0.1, 0.15) is 5.82 Å². The molecule has 0 unspecified atom stereocenters. The van der Waals surface area contributed by atoms with Gasteiger partial charge in [-0.3, -0.25) is 4.79 Å². The van der Waals surface area contributed by atoms with Crippen LogP contribution in [-0.2, 0) is 11.2 Å². The Bertz CT molecular complexity index is 1070. The van der Waals surface area contributed by atoms with Gasteiger partial charge in [0.05, 0.1) is 6.42 Å². The lowest BCUT2D eigenvalue weighted by Crippen LogP contribution is -2.15. The van der Waals surface area contributed by atoms with Crippen molar-refractivity contribution in [3.63, 3.8) is 0 Å². The van der Waals surface area contributed by atoms with Gasteiger partial charge in [-0.25, -0.2) is 4.39 Å². The summed E-state index contributed by atoms with van der Waals surface area (Å²) in [6.07, 6.45) is 2.08. The highest BCUT2D eigenvalue weighted by atomic mass is 19.1. The smallest absolute Gasteiger partial charge is 0.230 e. The van der Waals surface area contributed by atoms with Gasteiger partial charge >= 0.3 is 0 Å². The van der Waals surface area contributed by atoms with Crippen LogP contribution in [0.15, 0.2) is 66.9 Å². The van der Waals surface area contributed by atoms with Crippen molar-refractivity contribution in [2.45, 2.75) is 6.42 Å². The van der Waals surface area contributed by atoms with E-state index in [9.17, 15) is 9.18 Å². The summed E-state index contributed by atoms with van der Waals surface area (Å²) in [4.78, 5) is 15.4. The lowest BCUT2D eigenvalue weighted by molar-refractivity contribution is -0.115. The number of nitrogens with zero attached hydrogens (tertiary/aromatic N) is 2. The van der Waals surface area contributed by atoms with Crippen LogP contribution in [0.3, 0.4) is 0 Å². The molecule has 3 N–H and O–H groups in total. The summed E-state index contributed by atoms with van der Waals surface area (Å²) >= 11 is 0. The third kappa shape index (κ3) is 3.92. The molecule has 0 bridgehead atoms. The molecule has 2 aromatic heterocycles. The second kappa shape index (κ2) is 7.25. The Hall–Kier alpha value is -3.74. The first-order valence-electron chi connectivity index (χ1n) is 8.38. The lowest BCUT2D eigenvalue weighted by atomic mass is 10.1. The molecule has 7 heteroatoms. The molecule has 2 aromatic carbocycles. The van der Waals surface area contributed by atoms with Crippen molar-refractivity contribution in [1.29, 1.82) is 0 Å². The zero-order chi connectivity index (χ0) is 18.6. The van der Waals surface area contributed by atoms with Crippen LogP contribution < -0.4 is 10.6 Å². The molecule has 27 heavy (non-hydrogen) atoms. The fourth-order valence-corrected chi connectivity index (χ4v) is 2.78. The zero-order valence-electron chi connectivity index (χ0n) is 14.2. The number of halogens is 1. The van der Waals surface area contributed by atoms with Crippen LogP contribution in [0.5, 0.6) is 0 Å². The Morgan fingerprint density at radius 2 is 1.70 bits per heavy atom. The molecule has 0 aliphatic rings. The number of aromatic amines is 1. The molecule has 1 amide bonds. The number of amides is 1. The number of para-hydroxylation sites is 1. The Morgan fingerprint density at radius 1 is 0.963 bits per heavy atom. The average Bonchev–Trinajstić information content (AvgIpc) is 3.08. The van der Waals surface area contributed by atoms with E-state index in [1.165, 1.54) is 12.1 Å². The molecule has 0 spiro atoms. The number of carbonyl (C=O) groups is 1. The van der Waals surface area contributed by atoms with E-state index in [1.54, 1.807) is 24.3 Å². The van der Waals surface area contributed by atoms with Crippen LogP contribution in [0.4, 0.5) is 21.7 Å². The number of anilines is 3. The normalized spacial score (nSPS) is 10.7. The number of carbonyl (C=O) groups excluding carboxylic acids is 1. The van der Waals surface area contributed by atoms with Gasteiger partial charge in [-0.05, 0) is 48.0 Å². The third-order valence-electron chi connectivity index (χ3n) is 4.07. The van der Waals surface area contributed by atoms with Crippen molar-refractivity contribution >= 4 is 34.1 Å². The highest BCUT2D eigenvalue weighted by molar-refractivity contribution is 5.95. The van der Waals surface area contributed by atoms with E-state index in [-0.39, 0.29) is 18.1 Å². The molecule has 0 fully saturated rings. The van der Waals surface area contributed by atoms with E-state index in [0.29, 0.717) is 17.3 Å². The van der Waals surface area contributed by atoms with Gasteiger partial charge in [-0.15, -0.1) is 10.2 Å². The van der Waals surface area contributed by atoms with Crippen molar-refractivity contribution in [2.24, 2.45) is 0 Å². The first-order valence-corrected chi connectivity index (χ1v) is 8.38. The van der Waals surface area contributed by atoms with Gasteiger partial charge in [0, 0.05) is 22.8 Å². The molecule has 0 saturated heterocycles. The molecular weight excluding hydrogens is 345 g/mol. The van der Waals surface area contributed by atoms with Crippen molar-refractivity contribution in [2.75, 3.05) is 10.6 Å². The Labute approximate surface area is 154 Å². The maximum absolute atomic E-state index is 12.9. The van der Waals surface area contributed by atoms with E-state index in [2.05, 4.69) is 25.8 Å². The van der Waals surface area contributed by atoms with E-state index >= 15 is 0 Å². The summed E-state index contributed by atoms with van der Waals surface area (Å²) in [5, 5.41) is 14.8. The molecule has 0 radical (unpaired) electrons. The summed E-state index contributed by atoms with van der Waals surface area (Å²) in [5.74, 6) is 0.383. The Kier molecular flexibility index (Phi) is 4.49. The highest BCUT2D eigenvalue weighted by Gasteiger charge is 2.10. The number of fused-ring (bicyclic) bond motifs is 1. The maximum atomic E-state index is 12.9. The summed E-state index contributed by atoms with van der Waals surface area (Å²) in [5.41, 5.74) is 2.61. The molecule has 0 aliphatic heterocycles. The minimum Gasteiger partial charge on any atom is -0.361 e. The number of H-pyrrole nitrogens is 1. The second-order valence-corrected chi connectivity index (χ2v) is 6.02. The lowest BCUT2D eigenvalue weighted by Gasteiger charge is -2.06. The second-order valence-electron chi connectivity index (χ2n) is 6.02. The standard InChI is InChI=1S/C20H16FN5O/c21-14-5-7-15(8-6-14)23-18-9-10-19(26-25-18)24-20(27)11-13-12-22-17-4-2-1-3-16(13)17/h1-10,12,22H,11H2,(H,23,25)(H,24,26,27). The summed E-state index contributed by atoms with van der Waals surface area (Å²) in [7, 11) is 0. The third-order valence-corrected chi connectivity index (χ3v) is 4.07. The number of aromatic nitrogens is 3. The van der Waals surface area contributed by atoms with Crippen LogP contribution in [-0.4, -0.2) is 21.1 Å². The van der Waals surface area contributed by atoms with Gasteiger partial charge in [0.25, 0.3) is 0 Å². The minimum absolute atomic E-state index is 0.173. The van der Waals surface area contributed by atoms with Crippen molar-refractivity contribution in [3.05, 3.63) is 78.2 Å². The number of nitrogens with one attached hydrogen (secondary N) is 3. The molecule has 0 aliphatic carbocycles. The van der Waals surface area contributed by atoms with Gasteiger partial charge in [0.2, 0.25) is 5.91 Å². The molecule has 2 heterocycles. The molecule has 134 valence electrons. The molecule has 4 rings (SSSR count). The Balaban J connectivity index is 1.39. The van der Waals surface area contributed by atoms with Gasteiger partial charge < -0.3 is 15.6 Å². The Morgan fingerprint density at radius 3 is 2.48 bits per heavy atom. The van der Waals surface area contributed by atoms with E-state index in [0.717, 1.165) is 16.5 Å². The van der Waals surface area contributed by atoms with Crippen molar-refractivity contribution in [3.8, 4) is 0 Å². The fraction of sp³-hybridized carbons (Fsp3) is 0.0500. The fourth-order valence-electron chi connectivity index (χ4n) is 2.78. The van der Waals surface area contributed by atoms with Gasteiger partial charge in [-0.1, -0.05) is 18.2 Å². The summed E-state index contributed by atoms with van der Waals surface area (Å²) < 4.78 is 12.9. The first kappa shape index (κ1) is 16.7. The number of hydrogen-bond acceptors (Lipinski definition) is 4. The van der Waals surface area contributed by atoms with E-state index < -0.39 is 0 Å². The number of benzene rings is 2. The topological polar surface area (TPSA) is 82.7 Å². The molecule has 0 atom stereocenters. The average molecular weight is 361 g/mol. The van der Waals surface area contributed by atoms with E-state index in [1.807, 2.05) is 30.5 Å². The molecule has 6 nitrogen and oxygen atoms in total. The highest BCUT2D eigenvalue weighted by Crippen LogP contribution is 2.19. The largest absolute Gasteiger partial charge is 0.361 e. The van der Waals surface area contributed by atoms with Crippen LogP contribution in [0.2, 0.25) is 0 Å². The van der Waals surface area contributed by atoms with Gasteiger partial charge in [0.15, 0.2) is 11.6 Å². The molecular formula is C20H16FN5O. The predicted molar refractivity (Wildman–Crippen MR) is 102 cm³/mol. The number of hydrogen-bond donors (Lipinski definition) is 3. The van der Waals surface area contributed by atoms with Crippen molar-refractivity contribution in [1.82, 2.24) is 15.2 Å².